The van der Waals surface area contributed by atoms with Crippen LogP contribution < -0.4 is 0 Å². The van der Waals surface area contributed by atoms with E-state index in [0.29, 0.717) is 24.5 Å². The van der Waals surface area contributed by atoms with Crippen LogP contribution in [0.1, 0.15) is 33.5 Å². The molecular formula is C23H24N6O2. The lowest BCUT2D eigenvalue weighted by molar-refractivity contribution is 0.0532. The Hall–Kier alpha value is -3.52. The molecule has 8 nitrogen and oxygen atoms in total. The Morgan fingerprint density at radius 1 is 1.06 bits per heavy atom. The highest BCUT2D eigenvalue weighted by Gasteiger charge is 2.32. The van der Waals surface area contributed by atoms with Crippen molar-refractivity contribution in [1.29, 1.82) is 0 Å². The van der Waals surface area contributed by atoms with Gasteiger partial charge in [-0.3, -0.25) is 9.69 Å². The molecule has 3 aromatic heterocycles. The lowest BCUT2D eigenvalue weighted by atomic mass is 10.0. The van der Waals surface area contributed by atoms with E-state index in [1.54, 1.807) is 13.0 Å². The monoisotopic (exact) mass is 416 g/mol. The van der Waals surface area contributed by atoms with Crippen LogP contribution in [0.2, 0.25) is 0 Å². The first-order chi connectivity index (χ1) is 15.0. The zero-order valence-electron chi connectivity index (χ0n) is 17.8. The van der Waals surface area contributed by atoms with Crippen molar-refractivity contribution >= 4 is 11.4 Å². The second-order valence-electron chi connectivity index (χ2n) is 8.16. The number of carbonyl (C=O) groups excluding carboxylic acids is 1. The Morgan fingerprint density at radius 3 is 2.58 bits per heavy atom. The van der Waals surface area contributed by atoms with Crippen molar-refractivity contribution in [2.24, 2.45) is 0 Å². The molecule has 5 rings (SSSR count). The van der Waals surface area contributed by atoms with Gasteiger partial charge in [-0.05, 0) is 32.5 Å². The first-order valence-corrected chi connectivity index (χ1v) is 10.3. The fraction of sp³-hybridized carbons (Fsp3) is 0.304. The maximum Gasteiger partial charge on any atom is 0.276 e. The third-order valence-corrected chi connectivity index (χ3v) is 5.92. The first-order valence-electron chi connectivity index (χ1n) is 10.3. The molecule has 0 radical (unpaired) electrons. The summed E-state index contributed by atoms with van der Waals surface area (Å²) in [4.78, 5) is 16.9. The molecule has 158 valence electrons. The highest BCUT2D eigenvalue weighted by molar-refractivity contribution is 5.92. The van der Waals surface area contributed by atoms with E-state index >= 15 is 0 Å². The summed E-state index contributed by atoms with van der Waals surface area (Å²) < 4.78 is 6.89. The van der Waals surface area contributed by atoms with E-state index in [-0.39, 0.29) is 11.9 Å². The van der Waals surface area contributed by atoms with Gasteiger partial charge in [0, 0.05) is 37.5 Å². The van der Waals surface area contributed by atoms with Gasteiger partial charge in [0.1, 0.15) is 11.5 Å². The van der Waals surface area contributed by atoms with Gasteiger partial charge >= 0.3 is 0 Å². The average Bonchev–Trinajstić information content (AvgIpc) is 3.40. The van der Waals surface area contributed by atoms with Crippen LogP contribution in [0.25, 0.3) is 16.6 Å². The molecule has 0 N–H and O–H groups in total. The summed E-state index contributed by atoms with van der Waals surface area (Å²) in [5.74, 6) is 0.510. The van der Waals surface area contributed by atoms with Gasteiger partial charge in [-0.15, -0.1) is 5.10 Å². The third kappa shape index (κ3) is 3.59. The molecule has 1 saturated heterocycles. The maximum absolute atomic E-state index is 12.9. The molecule has 31 heavy (non-hydrogen) atoms. The molecule has 8 heteroatoms. The summed E-state index contributed by atoms with van der Waals surface area (Å²) in [6.45, 7) is 5.76. The number of carbonyl (C=O) groups is 1. The minimum Gasteiger partial charge on any atom is -0.361 e. The molecular weight excluding hydrogens is 392 g/mol. The molecule has 0 spiro atoms. The Bertz CT molecular complexity index is 1240. The summed E-state index contributed by atoms with van der Waals surface area (Å²) >= 11 is 0. The van der Waals surface area contributed by atoms with Crippen LogP contribution in [0.5, 0.6) is 0 Å². The molecule has 1 aromatic carbocycles. The van der Waals surface area contributed by atoms with E-state index in [9.17, 15) is 4.79 Å². The van der Waals surface area contributed by atoms with Crippen molar-refractivity contribution in [3.05, 3.63) is 71.4 Å². The van der Waals surface area contributed by atoms with Gasteiger partial charge in [0.25, 0.3) is 5.91 Å². The van der Waals surface area contributed by atoms with Gasteiger partial charge in [-0.25, -0.2) is 4.52 Å². The summed E-state index contributed by atoms with van der Waals surface area (Å²) in [5.41, 5.74) is 5.61. The molecule has 4 aromatic rings. The minimum absolute atomic E-state index is 0.0478. The Balaban J connectivity index is 1.43. The lowest BCUT2D eigenvalue weighted by Gasteiger charge is -2.38. The van der Waals surface area contributed by atoms with E-state index < -0.39 is 0 Å². The number of aryl methyl sites for hydroxylation is 2. The average molecular weight is 416 g/mol. The number of hydrogen-bond acceptors (Lipinski definition) is 6. The number of hydrogen-bond donors (Lipinski definition) is 0. The van der Waals surface area contributed by atoms with Gasteiger partial charge in [0.15, 0.2) is 5.69 Å². The predicted octanol–water partition coefficient (Wildman–Crippen LogP) is 3.13. The van der Waals surface area contributed by atoms with Gasteiger partial charge in [-0.1, -0.05) is 46.3 Å². The van der Waals surface area contributed by atoms with Crippen LogP contribution in [0.15, 0.2) is 53.2 Å². The predicted molar refractivity (Wildman–Crippen MR) is 116 cm³/mol. The van der Waals surface area contributed by atoms with E-state index in [4.69, 9.17) is 4.52 Å². The number of piperazine rings is 1. The number of amides is 1. The Kier molecular flexibility index (Phi) is 4.78. The topological polar surface area (TPSA) is 79.8 Å². The lowest BCUT2D eigenvalue weighted by Crippen LogP contribution is -2.49. The Morgan fingerprint density at radius 2 is 1.84 bits per heavy atom. The number of aromatic nitrogens is 4. The Labute approximate surface area is 180 Å². The van der Waals surface area contributed by atoms with Gasteiger partial charge in [-0.2, -0.15) is 0 Å². The van der Waals surface area contributed by atoms with Crippen LogP contribution in [0, 0.1) is 13.8 Å². The number of nitrogens with zero attached hydrogens (tertiary/aromatic N) is 6. The van der Waals surface area contributed by atoms with E-state index in [0.717, 1.165) is 28.9 Å². The molecule has 1 aliphatic rings. The zero-order chi connectivity index (χ0) is 21.5. The molecule has 0 saturated carbocycles. The number of fused-ring (bicyclic) bond motifs is 1. The number of pyridine rings is 1. The van der Waals surface area contributed by atoms with E-state index in [1.807, 2.05) is 15.6 Å². The van der Waals surface area contributed by atoms with Crippen molar-refractivity contribution in [1.82, 2.24) is 29.8 Å². The molecule has 1 aliphatic heterocycles. The number of likely N-dealkylation sites (N-methyl/N-ethyl adjacent to an activating group) is 1. The van der Waals surface area contributed by atoms with Crippen molar-refractivity contribution in [3.8, 4) is 11.1 Å². The summed E-state index contributed by atoms with van der Waals surface area (Å²) in [7, 11) is 2.05. The largest absolute Gasteiger partial charge is 0.361 e. The zero-order valence-corrected chi connectivity index (χ0v) is 17.8. The fourth-order valence-corrected chi connectivity index (χ4v) is 4.05. The summed E-state index contributed by atoms with van der Waals surface area (Å²) in [5, 5.41) is 12.7. The highest BCUT2D eigenvalue weighted by Crippen LogP contribution is 2.28. The molecule has 1 amide bonds. The number of benzene rings is 1. The number of rotatable bonds is 3. The van der Waals surface area contributed by atoms with Crippen LogP contribution in [-0.4, -0.2) is 62.4 Å². The second-order valence-corrected chi connectivity index (χ2v) is 8.16. The van der Waals surface area contributed by atoms with Crippen molar-refractivity contribution in [2.45, 2.75) is 19.9 Å². The summed E-state index contributed by atoms with van der Waals surface area (Å²) in [6.07, 6.45) is 2.00. The molecule has 0 aliphatic carbocycles. The highest BCUT2D eigenvalue weighted by atomic mass is 16.5. The van der Waals surface area contributed by atoms with Crippen LogP contribution in [0.4, 0.5) is 0 Å². The van der Waals surface area contributed by atoms with Crippen LogP contribution in [0.3, 0.4) is 0 Å². The molecule has 0 bridgehead atoms. The second kappa shape index (κ2) is 7.63. The minimum atomic E-state index is -0.118. The normalized spacial score (nSPS) is 17.4. The van der Waals surface area contributed by atoms with E-state index in [2.05, 4.69) is 70.7 Å². The molecule has 1 unspecified atom stereocenters. The van der Waals surface area contributed by atoms with Crippen LogP contribution in [-0.2, 0) is 0 Å². The third-order valence-electron chi connectivity index (χ3n) is 5.92. The van der Waals surface area contributed by atoms with Gasteiger partial charge < -0.3 is 9.42 Å². The van der Waals surface area contributed by atoms with Crippen molar-refractivity contribution in [2.75, 3.05) is 26.7 Å². The van der Waals surface area contributed by atoms with Gasteiger partial charge in [0.05, 0.1) is 11.6 Å². The SMILES string of the molecule is Cc1ccc(-c2ccc3c(C4CN(C(=O)c5cc(C)on5)CCN4C)nnn3c2)cc1. The van der Waals surface area contributed by atoms with Gasteiger partial charge in [0.2, 0.25) is 0 Å². The molecule has 1 atom stereocenters. The molecule has 4 heterocycles. The maximum atomic E-state index is 12.9. The summed E-state index contributed by atoms with van der Waals surface area (Å²) in [6, 6.07) is 14.2. The van der Waals surface area contributed by atoms with Crippen molar-refractivity contribution < 1.29 is 9.32 Å². The smallest absolute Gasteiger partial charge is 0.276 e. The first kappa shape index (κ1) is 19.4. The molecule has 1 fully saturated rings. The fourth-order valence-electron chi connectivity index (χ4n) is 4.05. The van der Waals surface area contributed by atoms with Crippen LogP contribution >= 0.6 is 0 Å². The standard InChI is InChI=1S/C23H24N6O2/c1-15-4-6-17(7-5-15)18-8-9-20-22(24-26-29(20)13-18)21-14-28(11-10-27(21)3)23(30)19-12-16(2)31-25-19/h4-9,12-13,21H,10-11,14H2,1-3H3. The van der Waals surface area contributed by atoms with E-state index in [1.165, 1.54) is 5.56 Å². The van der Waals surface area contributed by atoms with Crippen molar-refractivity contribution in [3.63, 3.8) is 0 Å². The quantitative estimate of drug-likeness (QED) is 0.511.